The minimum atomic E-state index is -4.48. The number of nitrogens with one attached hydrogen (secondary N) is 2. The standard InChI is InChI=1S/C15H15F3N4O/c1-9(11-5-3-4-6-12(11)15(16,17)18)22-13(23)10-7-20-14(19-2)21-8-10/h3-9H,1-2H3,(H,22,23)(H,19,20,21)/t9-/m1/s1. The zero-order valence-electron chi connectivity index (χ0n) is 12.5. The maximum atomic E-state index is 13.0. The first kappa shape index (κ1) is 16.7. The predicted octanol–water partition coefficient (Wildman–Crippen LogP) is 3.03. The highest BCUT2D eigenvalue weighted by Crippen LogP contribution is 2.34. The Hall–Kier alpha value is -2.64. The number of alkyl halides is 3. The first-order valence-corrected chi connectivity index (χ1v) is 6.79. The molecule has 2 rings (SSSR count). The summed E-state index contributed by atoms with van der Waals surface area (Å²) in [6, 6.07) is 4.32. The molecule has 8 heteroatoms. The van der Waals surface area contributed by atoms with Gasteiger partial charge in [-0.25, -0.2) is 9.97 Å². The molecule has 1 atom stereocenters. The third-order valence-electron chi connectivity index (χ3n) is 3.22. The number of amides is 1. The smallest absolute Gasteiger partial charge is 0.357 e. The number of rotatable bonds is 4. The van der Waals surface area contributed by atoms with Gasteiger partial charge in [0.05, 0.1) is 17.2 Å². The van der Waals surface area contributed by atoms with Crippen LogP contribution in [0.2, 0.25) is 0 Å². The lowest BCUT2D eigenvalue weighted by Gasteiger charge is -2.19. The Morgan fingerprint density at radius 1 is 1.17 bits per heavy atom. The summed E-state index contributed by atoms with van der Waals surface area (Å²) in [7, 11) is 1.63. The average Bonchev–Trinajstić information content (AvgIpc) is 2.54. The Morgan fingerprint density at radius 2 is 1.78 bits per heavy atom. The Balaban J connectivity index is 2.18. The van der Waals surface area contributed by atoms with Gasteiger partial charge in [0.1, 0.15) is 0 Å². The van der Waals surface area contributed by atoms with E-state index in [1.165, 1.54) is 37.5 Å². The molecule has 0 aliphatic carbocycles. The topological polar surface area (TPSA) is 66.9 Å². The zero-order chi connectivity index (χ0) is 17.0. The second-order valence-electron chi connectivity index (χ2n) is 4.83. The predicted molar refractivity (Wildman–Crippen MR) is 78.9 cm³/mol. The van der Waals surface area contributed by atoms with E-state index in [1.54, 1.807) is 7.05 Å². The Bertz CT molecular complexity index is 686. The van der Waals surface area contributed by atoms with Gasteiger partial charge in [-0.15, -0.1) is 0 Å². The van der Waals surface area contributed by atoms with E-state index in [0.29, 0.717) is 5.95 Å². The van der Waals surface area contributed by atoms with E-state index in [9.17, 15) is 18.0 Å². The van der Waals surface area contributed by atoms with E-state index in [2.05, 4.69) is 20.6 Å². The van der Waals surface area contributed by atoms with Crippen molar-refractivity contribution in [3.8, 4) is 0 Å². The van der Waals surface area contributed by atoms with Gasteiger partial charge in [0.2, 0.25) is 5.95 Å². The number of carbonyl (C=O) groups is 1. The summed E-state index contributed by atoms with van der Waals surface area (Å²) >= 11 is 0. The van der Waals surface area contributed by atoms with Crippen LogP contribution in [0.3, 0.4) is 0 Å². The normalized spacial score (nSPS) is 12.6. The molecule has 0 aliphatic rings. The lowest BCUT2D eigenvalue weighted by molar-refractivity contribution is -0.138. The summed E-state index contributed by atoms with van der Waals surface area (Å²) in [5.74, 6) is -0.200. The van der Waals surface area contributed by atoms with Crippen molar-refractivity contribution < 1.29 is 18.0 Å². The Labute approximate surface area is 131 Å². The second-order valence-corrected chi connectivity index (χ2v) is 4.83. The number of anilines is 1. The Kier molecular flexibility index (Phi) is 4.83. The highest BCUT2D eigenvalue weighted by atomic mass is 19.4. The van der Waals surface area contributed by atoms with Crippen LogP contribution < -0.4 is 10.6 Å². The van der Waals surface area contributed by atoms with Crippen LogP contribution in [-0.4, -0.2) is 22.9 Å². The summed E-state index contributed by atoms with van der Waals surface area (Å²) in [5, 5.41) is 5.23. The highest BCUT2D eigenvalue weighted by molar-refractivity contribution is 5.93. The molecule has 1 aromatic heterocycles. The summed E-state index contributed by atoms with van der Waals surface area (Å²) in [6.45, 7) is 1.49. The molecule has 0 bridgehead atoms. The monoisotopic (exact) mass is 324 g/mol. The van der Waals surface area contributed by atoms with Crippen LogP contribution in [-0.2, 0) is 6.18 Å². The van der Waals surface area contributed by atoms with E-state index in [-0.39, 0.29) is 11.1 Å². The number of carbonyl (C=O) groups excluding carboxylic acids is 1. The van der Waals surface area contributed by atoms with E-state index >= 15 is 0 Å². The van der Waals surface area contributed by atoms with Crippen molar-refractivity contribution in [2.75, 3.05) is 12.4 Å². The number of nitrogens with zero attached hydrogens (tertiary/aromatic N) is 2. The van der Waals surface area contributed by atoms with Gasteiger partial charge in [0.15, 0.2) is 0 Å². The molecular weight excluding hydrogens is 309 g/mol. The molecule has 122 valence electrons. The molecule has 0 unspecified atom stereocenters. The fourth-order valence-electron chi connectivity index (χ4n) is 2.06. The summed E-state index contributed by atoms with van der Waals surface area (Å²) in [6.07, 6.45) is -1.87. The number of hydrogen-bond donors (Lipinski definition) is 2. The van der Waals surface area contributed by atoms with Gasteiger partial charge < -0.3 is 10.6 Å². The average molecular weight is 324 g/mol. The van der Waals surface area contributed by atoms with E-state index in [1.807, 2.05) is 0 Å². The molecular formula is C15H15F3N4O. The van der Waals surface area contributed by atoms with Crippen LogP contribution in [0.4, 0.5) is 19.1 Å². The first-order chi connectivity index (χ1) is 10.8. The molecule has 0 fully saturated rings. The third kappa shape index (κ3) is 3.97. The summed E-state index contributed by atoms with van der Waals surface area (Å²) in [4.78, 5) is 19.9. The minimum absolute atomic E-state index is 0.00103. The van der Waals surface area contributed by atoms with Crippen LogP contribution in [0.1, 0.15) is 34.5 Å². The van der Waals surface area contributed by atoms with Gasteiger partial charge in [0, 0.05) is 19.4 Å². The SMILES string of the molecule is CNc1ncc(C(=O)N[C@H](C)c2ccccc2C(F)(F)F)cn1. The molecule has 2 aromatic rings. The zero-order valence-corrected chi connectivity index (χ0v) is 12.5. The van der Waals surface area contributed by atoms with Gasteiger partial charge in [-0.2, -0.15) is 13.2 Å². The molecule has 0 saturated carbocycles. The molecule has 1 aromatic carbocycles. The van der Waals surface area contributed by atoms with Crippen molar-refractivity contribution in [2.24, 2.45) is 0 Å². The molecule has 0 radical (unpaired) electrons. The Morgan fingerprint density at radius 3 is 2.35 bits per heavy atom. The van der Waals surface area contributed by atoms with Gasteiger partial charge in [-0.1, -0.05) is 18.2 Å². The molecule has 1 heterocycles. The van der Waals surface area contributed by atoms with E-state index in [4.69, 9.17) is 0 Å². The van der Waals surface area contributed by atoms with Gasteiger partial charge in [-0.3, -0.25) is 4.79 Å². The fourth-order valence-corrected chi connectivity index (χ4v) is 2.06. The molecule has 0 spiro atoms. The first-order valence-electron chi connectivity index (χ1n) is 6.79. The fraction of sp³-hybridized carbons (Fsp3) is 0.267. The van der Waals surface area contributed by atoms with Crippen LogP contribution in [0.5, 0.6) is 0 Å². The lowest BCUT2D eigenvalue weighted by Crippen LogP contribution is -2.28. The molecule has 2 N–H and O–H groups in total. The lowest BCUT2D eigenvalue weighted by atomic mass is 10.0. The second kappa shape index (κ2) is 6.64. The van der Waals surface area contributed by atoms with E-state index in [0.717, 1.165) is 6.07 Å². The third-order valence-corrected chi connectivity index (χ3v) is 3.22. The number of halogens is 3. The summed E-state index contributed by atoms with van der Waals surface area (Å²) in [5.41, 5.74) is -0.601. The van der Waals surface area contributed by atoms with Crippen LogP contribution in [0.25, 0.3) is 0 Å². The molecule has 23 heavy (non-hydrogen) atoms. The van der Waals surface area contributed by atoms with Gasteiger partial charge in [-0.05, 0) is 18.6 Å². The highest BCUT2D eigenvalue weighted by Gasteiger charge is 2.34. The van der Waals surface area contributed by atoms with Crippen molar-refractivity contribution in [1.82, 2.24) is 15.3 Å². The molecule has 1 amide bonds. The largest absolute Gasteiger partial charge is 0.416 e. The molecule has 0 aliphatic heterocycles. The quantitative estimate of drug-likeness (QED) is 0.907. The molecule has 5 nitrogen and oxygen atoms in total. The van der Waals surface area contributed by atoms with Crippen LogP contribution in [0, 0.1) is 0 Å². The van der Waals surface area contributed by atoms with Crippen molar-refractivity contribution in [3.05, 3.63) is 53.3 Å². The van der Waals surface area contributed by atoms with Crippen molar-refractivity contribution >= 4 is 11.9 Å². The summed E-state index contributed by atoms with van der Waals surface area (Å²) < 4.78 is 39.0. The van der Waals surface area contributed by atoms with Crippen molar-refractivity contribution in [3.63, 3.8) is 0 Å². The molecule has 0 saturated heterocycles. The maximum Gasteiger partial charge on any atom is 0.416 e. The van der Waals surface area contributed by atoms with Gasteiger partial charge >= 0.3 is 6.18 Å². The maximum absolute atomic E-state index is 13.0. The minimum Gasteiger partial charge on any atom is -0.357 e. The van der Waals surface area contributed by atoms with E-state index < -0.39 is 23.7 Å². The van der Waals surface area contributed by atoms with Gasteiger partial charge in [0.25, 0.3) is 5.91 Å². The van der Waals surface area contributed by atoms with Crippen LogP contribution >= 0.6 is 0 Å². The van der Waals surface area contributed by atoms with Crippen LogP contribution in [0.15, 0.2) is 36.7 Å². The number of aromatic nitrogens is 2. The number of benzene rings is 1. The number of hydrogen-bond acceptors (Lipinski definition) is 4. The van der Waals surface area contributed by atoms with Crippen molar-refractivity contribution in [2.45, 2.75) is 19.1 Å². The van der Waals surface area contributed by atoms with Crippen molar-refractivity contribution in [1.29, 1.82) is 0 Å².